The van der Waals surface area contributed by atoms with Crippen LogP contribution in [0.3, 0.4) is 0 Å². The second kappa shape index (κ2) is 47.8. The van der Waals surface area contributed by atoms with E-state index in [4.69, 9.17) is 17.2 Å². The van der Waals surface area contributed by atoms with Crippen molar-refractivity contribution < 1.29 is 102 Å². The summed E-state index contributed by atoms with van der Waals surface area (Å²) in [6.07, 6.45) is 0.242. The molecule has 0 saturated carbocycles. The van der Waals surface area contributed by atoms with Gasteiger partial charge in [0.05, 0.1) is 12.5 Å². The minimum Gasteiger partial charge on any atom is -0.508 e. The van der Waals surface area contributed by atoms with E-state index in [1.54, 1.807) is 54.7 Å². The van der Waals surface area contributed by atoms with Gasteiger partial charge in [-0.1, -0.05) is 102 Å². The van der Waals surface area contributed by atoms with Crippen LogP contribution in [-0.4, -0.2) is 294 Å². The number of aromatic nitrogens is 2. The summed E-state index contributed by atoms with van der Waals surface area (Å²) in [6, 6.07) is -0.356. The third-order valence-corrected chi connectivity index (χ3v) is 23.6. The molecule has 3 aliphatic heterocycles. The van der Waals surface area contributed by atoms with Crippen molar-refractivity contribution in [1.29, 1.82) is 0 Å². The van der Waals surface area contributed by atoms with Gasteiger partial charge < -0.3 is 120 Å². The minimum atomic E-state index is -1.83. The second-order valence-electron chi connectivity index (χ2n) is 33.6. The highest BCUT2D eigenvalue weighted by atomic mass is 16.4. The number of aromatic amines is 1. The standard InChI is InChI=1S/C88H125N19O21/c1-9-11-23-68-81(121)97-61(38-49(3)4)77(117)92-36-18-17-27-73(111)94-63(39-51-28-30-54(108)31-29-51)84(124)102(6)50(5)76(116)99-65(43-72(91)110)87(127)106-37-19-26-69(106)82(122)101-66(44-90)80(120)96-60(32-33-74(112)113)86(126)107-47-55(109)42-71(107)83(123)98-62(40-52-45-93-58-22-15-13-20-56(52)58)79(119)95-59(34-35-89)78(118)100-64(85(125)104(8)70(24-12-10-2)88(128)103(68)7)41-53-46-105(48-75(114)115)67-25-16-14-21-57(53)67/h13-16,20-22,25,28-31,45-46,49-50,55,59-66,68-71,93,108-109H,9-12,17-19,23-24,26-27,32-44,47-48,89-90H2,1-8H3,(H2,91,110)(H,92,117)(H,94,111)(H,95,119)(H,96,120)(H,97,121)(H,98,123)(H,99,116)(H,100,118)(H,101,122)(H,112,113)(H,114,115)/t50-,55+,59-,60-,61-,62-,63-,64-,65-,66-,68-,69-,70-,71-/m0/s1. The highest BCUT2D eigenvalue weighted by Gasteiger charge is 2.46. The first kappa shape index (κ1) is 101. The fourth-order valence-electron chi connectivity index (χ4n) is 16.4. The molecule has 3 aliphatic rings. The number of H-pyrrole nitrogens is 1. The van der Waals surface area contributed by atoms with E-state index in [2.05, 4.69) is 52.8 Å². The van der Waals surface area contributed by atoms with Crippen molar-refractivity contribution in [2.24, 2.45) is 23.1 Å². The van der Waals surface area contributed by atoms with Gasteiger partial charge in [-0.15, -0.1) is 0 Å². The van der Waals surface area contributed by atoms with E-state index in [1.165, 1.54) is 72.9 Å². The topological polar surface area (TPSA) is 594 Å². The number of aliphatic hydroxyl groups excluding tert-OH is 1. The van der Waals surface area contributed by atoms with Crippen LogP contribution in [0.15, 0.2) is 85.2 Å². The van der Waals surface area contributed by atoms with Gasteiger partial charge in [-0.05, 0) is 118 Å². The number of unbranched alkanes of at least 4 members (excludes halogenated alkanes) is 2. The van der Waals surface area contributed by atoms with E-state index in [0.717, 1.165) is 14.7 Å². The number of para-hydroxylation sites is 2. The number of carbonyl (C=O) groups excluding carboxylic acids is 15. The van der Waals surface area contributed by atoms with Gasteiger partial charge >= 0.3 is 11.9 Å². The molecule has 14 atom stereocenters. The number of fused-ring (bicyclic) bond motifs is 4. The van der Waals surface area contributed by atoms with E-state index >= 15 is 28.8 Å². The zero-order chi connectivity index (χ0) is 93.9. The maximum atomic E-state index is 15.9. The van der Waals surface area contributed by atoms with Crippen LogP contribution in [0.4, 0.5) is 0 Å². The Kier molecular flexibility index (Phi) is 37.7. The number of aromatic hydroxyl groups is 1. The quantitative estimate of drug-likeness (QED) is 0.0354. The van der Waals surface area contributed by atoms with Crippen LogP contribution in [0.5, 0.6) is 5.75 Å². The van der Waals surface area contributed by atoms with Crippen LogP contribution in [-0.2, 0) is 107 Å². The number of aliphatic hydroxyl groups is 1. The molecule has 0 unspecified atom stereocenters. The number of nitrogens with one attached hydrogen (secondary N) is 10. The number of amides is 15. The smallest absolute Gasteiger partial charge is 0.323 e. The van der Waals surface area contributed by atoms with Crippen molar-refractivity contribution in [2.75, 3.05) is 53.9 Å². The van der Waals surface area contributed by atoms with Gasteiger partial charge in [-0.2, -0.15) is 0 Å². The third kappa shape index (κ3) is 27.5. The normalized spacial score (nSPS) is 25.0. The monoisotopic (exact) mass is 1780 g/mol. The van der Waals surface area contributed by atoms with Crippen molar-refractivity contribution in [3.8, 4) is 5.75 Å². The van der Waals surface area contributed by atoms with Gasteiger partial charge in [-0.25, -0.2) is 0 Å². The number of hydrogen-bond donors (Lipinski definition) is 17. The number of rotatable bonds is 24. The Balaban J connectivity index is 1.17. The Hall–Kier alpha value is -12.6. The van der Waals surface area contributed by atoms with Crippen molar-refractivity contribution in [3.05, 3.63) is 102 Å². The number of carboxylic acid groups (broad SMARTS) is 2. The lowest BCUT2D eigenvalue weighted by atomic mass is 9.99. The zero-order valence-corrected chi connectivity index (χ0v) is 73.8. The van der Waals surface area contributed by atoms with E-state index in [1.807, 2.05) is 27.7 Å². The first-order chi connectivity index (χ1) is 60.9. The molecule has 20 N–H and O–H groups in total. The number of primary amides is 1. The lowest BCUT2D eigenvalue weighted by Gasteiger charge is -2.36. The first-order valence-corrected chi connectivity index (χ1v) is 43.7. The Morgan fingerprint density at radius 2 is 1.10 bits per heavy atom. The summed E-state index contributed by atoms with van der Waals surface area (Å²) in [7, 11) is 4.04. The molecule has 40 nitrogen and oxygen atoms in total. The largest absolute Gasteiger partial charge is 0.508 e. The molecule has 3 fully saturated rings. The van der Waals surface area contributed by atoms with Crippen LogP contribution in [0.2, 0.25) is 0 Å². The van der Waals surface area contributed by atoms with E-state index in [0.29, 0.717) is 64.2 Å². The van der Waals surface area contributed by atoms with Crippen LogP contribution in [0.25, 0.3) is 21.8 Å². The molecule has 2 aromatic heterocycles. The molecule has 698 valence electrons. The van der Waals surface area contributed by atoms with Crippen molar-refractivity contribution >= 4 is 122 Å². The number of nitrogens with two attached hydrogens (primary N) is 3. The molecular weight excluding hydrogens is 1660 g/mol. The van der Waals surface area contributed by atoms with Gasteiger partial charge in [-0.3, -0.25) is 81.5 Å². The molecule has 3 aromatic carbocycles. The Bertz CT molecular complexity index is 4800. The SMILES string of the molecule is CCCC[C@H]1C(=O)N(C)[C@@H](CCCC)C(=O)N[C@@H](CC(C)C)C(=O)NCCCCC(=O)N[C@@H](Cc2ccc(O)cc2)C(=O)N(C)[C@@H](C)C(=O)N[C@@H](CC(N)=O)C(=O)N2CCC[C@H]2C(=O)N[C@@H](CN)C(=O)N[C@@H](CCC(=O)O)C(=O)N2C[C@H](O)C[C@H]2C(=O)N[C@@H](Cc2c[nH]c3ccccc23)C(=O)N[C@@H](CCN)C(=O)N[C@@H](Cc2cn(CC(=O)O)c3ccccc23)C(=O)N1C. The molecule has 5 aromatic rings. The molecule has 15 amide bonds. The summed E-state index contributed by atoms with van der Waals surface area (Å²) in [6.45, 7) is 6.57. The molecule has 0 bridgehead atoms. The second-order valence-corrected chi connectivity index (χ2v) is 33.6. The molecular formula is C88H125N19O21. The van der Waals surface area contributed by atoms with E-state index in [9.17, 15) is 73.2 Å². The molecule has 128 heavy (non-hydrogen) atoms. The Morgan fingerprint density at radius 3 is 1.76 bits per heavy atom. The summed E-state index contributed by atoms with van der Waals surface area (Å²) in [5.74, 6) is -16.4. The lowest BCUT2D eigenvalue weighted by Crippen LogP contribution is -2.61. The average Bonchev–Trinajstić information content (AvgIpc) is 1.61. The van der Waals surface area contributed by atoms with Crippen LogP contribution >= 0.6 is 0 Å². The van der Waals surface area contributed by atoms with Crippen LogP contribution in [0.1, 0.15) is 160 Å². The molecule has 0 radical (unpaired) electrons. The number of phenolic OH excluding ortho intramolecular Hbond substituents is 1. The number of benzene rings is 3. The predicted octanol–water partition coefficient (Wildman–Crippen LogP) is -0.953. The summed E-state index contributed by atoms with van der Waals surface area (Å²) in [4.78, 5) is 254. The van der Waals surface area contributed by atoms with Gasteiger partial charge in [0.2, 0.25) is 88.6 Å². The Labute approximate surface area is 741 Å². The first-order valence-electron chi connectivity index (χ1n) is 43.7. The summed E-state index contributed by atoms with van der Waals surface area (Å²) >= 11 is 0. The number of nitrogens with zero attached hydrogens (tertiary/aromatic N) is 6. The summed E-state index contributed by atoms with van der Waals surface area (Å²) in [5, 5.41) is 66.8. The number of hydrogen-bond acceptors (Lipinski definition) is 21. The maximum absolute atomic E-state index is 15.9. The number of aliphatic carboxylic acids is 2. The molecule has 3 saturated heterocycles. The number of carbonyl (C=O) groups is 17. The zero-order valence-electron chi connectivity index (χ0n) is 73.8. The number of likely N-dealkylation sites (N-methyl/N-ethyl adjacent to an activating group) is 3. The maximum Gasteiger partial charge on any atom is 0.323 e. The van der Waals surface area contributed by atoms with Crippen molar-refractivity contribution in [1.82, 2.24) is 81.9 Å². The number of carboxylic acids is 2. The third-order valence-electron chi connectivity index (χ3n) is 23.6. The Morgan fingerprint density at radius 1 is 0.531 bits per heavy atom. The molecule has 5 heterocycles. The van der Waals surface area contributed by atoms with Gasteiger partial charge in [0, 0.05) is 120 Å². The van der Waals surface area contributed by atoms with Gasteiger partial charge in [0.1, 0.15) is 90.8 Å². The van der Waals surface area contributed by atoms with Gasteiger partial charge in [0.15, 0.2) is 0 Å². The van der Waals surface area contributed by atoms with Crippen molar-refractivity contribution in [2.45, 2.75) is 254 Å². The minimum absolute atomic E-state index is 0.00762. The number of phenols is 1. The molecule has 40 heteroatoms. The average molecular weight is 1790 g/mol. The molecule has 8 rings (SSSR count). The van der Waals surface area contributed by atoms with E-state index < -0.39 is 231 Å². The highest BCUT2D eigenvalue weighted by molar-refractivity contribution is 6.02. The fraction of sp³-hybridized carbons (Fsp3) is 0.557. The van der Waals surface area contributed by atoms with Gasteiger partial charge in [0.25, 0.3) is 0 Å². The van der Waals surface area contributed by atoms with Crippen LogP contribution < -0.4 is 65.1 Å². The fourth-order valence-corrected chi connectivity index (χ4v) is 16.4. The molecule has 0 spiro atoms. The van der Waals surface area contributed by atoms with E-state index in [-0.39, 0.29) is 108 Å². The van der Waals surface area contributed by atoms with Crippen LogP contribution in [0, 0.1) is 5.92 Å². The summed E-state index contributed by atoms with van der Waals surface area (Å²) in [5.41, 5.74) is 20.4. The lowest BCUT2D eigenvalue weighted by molar-refractivity contribution is -0.149. The molecule has 0 aliphatic carbocycles. The predicted molar refractivity (Wildman–Crippen MR) is 468 cm³/mol. The summed E-state index contributed by atoms with van der Waals surface area (Å²) < 4.78 is 1.45. The van der Waals surface area contributed by atoms with Crippen molar-refractivity contribution in [3.63, 3.8) is 0 Å². The highest BCUT2D eigenvalue weighted by Crippen LogP contribution is 2.29.